The van der Waals surface area contributed by atoms with Crippen LogP contribution in [0.3, 0.4) is 0 Å². The first-order valence-electron chi connectivity index (χ1n) is 6.90. The number of carbonyl (C=O) groups excluding carboxylic acids is 1. The van der Waals surface area contributed by atoms with Crippen molar-refractivity contribution in [2.45, 2.75) is 6.42 Å². The molecule has 0 atom stereocenters. The fourth-order valence-corrected chi connectivity index (χ4v) is 3.09. The molecule has 0 aliphatic carbocycles. The van der Waals surface area contributed by atoms with Crippen LogP contribution in [0.25, 0.3) is 10.2 Å². The summed E-state index contributed by atoms with van der Waals surface area (Å²) in [5.41, 5.74) is 0.622. The number of benzene rings is 2. The predicted octanol–water partition coefficient (Wildman–Crippen LogP) is 3.60. The monoisotopic (exact) mass is 328 g/mol. The number of ether oxygens (including phenoxy) is 1. The molecule has 0 unspecified atom stereocenters. The van der Waals surface area contributed by atoms with Crippen LogP contribution in [0.5, 0.6) is 0 Å². The topological polar surface area (TPSA) is 82.3 Å². The summed E-state index contributed by atoms with van der Waals surface area (Å²) in [5.74, 6) is -0.696. The SMILES string of the molecule is O=C(OCCc1nc2ccccc2s1)c1ccccc1[N+](=O)[O-]. The van der Waals surface area contributed by atoms with Gasteiger partial charge >= 0.3 is 5.97 Å². The number of hydrogen-bond donors (Lipinski definition) is 0. The van der Waals surface area contributed by atoms with Crippen molar-refractivity contribution in [3.63, 3.8) is 0 Å². The first kappa shape index (κ1) is 15.1. The number of carbonyl (C=O) groups is 1. The van der Waals surface area contributed by atoms with Gasteiger partial charge < -0.3 is 4.74 Å². The van der Waals surface area contributed by atoms with E-state index in [1.807, 2.05) is 24.3 Å². The average molecular weight is 328 g/mol. The second-order valence-corrected chi connectivity index (χ2v) is 5.85. The summed E-state index contributed by atoms with van der Waals surface area (Å²) in [6, 6.07) is 13.5. The summed E-state index contributed by atoms with van der Waals surface area (Å²) in [4.78, 5) is 26.8. The highest BCUT2D eigenvalue weighted by Crippen LogP contribution is 2.22. The molecule has 0 radical (unpaired) electrons. The lowest BCUT2D eigenvalue weighted by Gasteiger charge is -2.04. The summed E-state index contributed by atoms with van der Waals surface area (Å²) in [6.45, 7) is 0.130. The molecule has 0 amide bonds. The Bertz CT molecular complexity index is 842. The van der Waals surface area contributed by atoms with Crippen LogP contribution in [0.15, 0.2) is 48.5 Å². The van der Waals surface area contributed by atoms with Crippen LogP contribution < -0.4 is 0 Å². The first-order chi connectivity index (χ1) is 11.1. The van der Waals surface area contributed by atoms with Gasteiger partial charge in [-0.2, -0.15) is 0 Å². The molecule has 1 heterocycles. The van der Waals surface area contributed by atoms with Gasteiger partial charge in [0.2, 0.25) is 0 Å². The van der Waals surface area contributed by atoms with E-state index in [2.05, 4.69) is 4.98 Å². The van der Waals surface area contributed by atoms with Crippen LogP contribution in [0.4, 0.5) is 5.69 Å². The summed E-state index contributed by atoms with van der Waals surface area (Å²) in [7, 11) is 0. The third-order valence-electron chi connectivity index (χ3n) is 3.21. The van der Waals surface area contributed by atoms with E-state index in [-0.39, 0.29) is 17.9 Å². The van der Waals surface area contributed by atoms with Gasteiger partial charge in [0.1, 0.15) is 5.56 Å². The van der Waals surface area contributed by atoms with Crippen molar-refractivity contribution in [2.75, 3.05) is 6.61 Å². The van der Waals surface area contributed by atoms with Gasteiger partial charge in [0.25, 0.3) is 5.69 Å². The lowest BCUT2D eigenvalue weighted by atomic mass is 10.2. The Hall–Kier alpha value is -2.80. The van der Waals surface area contributed by atoms with Gasteiger partial charge in [-0.3, -0.25) is 10.1 Å². The molecule has 2 aromatic carbocycles. The standard InChI is InChI=1S/C16H12N2O4S/c19-16(11-5-1-3-7-13(11)18(20)21)22-10-9-15-17-12-6-2-4-8-14(12)23-15/h1-8H,9-10H2. The van der Waals surface area contributed by atoms with Gasteiger partial charge in [0.05, 0.1) is 26.8 Å². The van der Waals surface area contributed by atoms with Crippen molar-refractivity contribution in [2.24, 2.45) is 0 Å². The summed E-state index contributed by atoms with van der Waals surface area (Å²) >= 11 is 1.54. The highest BCUT2D eigenvalue weighted by Gasteiger charge is 2.20. The molecular formula is C16H12N2O4S. The molecule has 23 heavy (non-hydrogen) atoms. The minimum absolute atomic E-state index is 0.0400. The summed E-state index contributed by atoms with van der Waals surface area (Å²) < 4.78 is 6.22. The highest BCUT2D eigenvalue weighted by atomic mass is 32.1. The minimum Gasteiger partial charge on any atom is -0.461 e. The smallest absolute Gasteiger partial charge is 0.345 e. The number of fused-ring (bicyclic) bond motifs is 1. The molecule has 1 aromatic heterocycles. The number of hydrogen-bond acceptors (Lipinski definition) is 6. The maximum absolute atomic E-state index is 12.0. The van der Waals surface area contributed by atoms with E-state index in [0.29, 0.717) is 6.42 Å². The Morgan fingerprint density at radius 3 is 2.70 bits per heavy atom. The largest absolute Gasteiger partial charge is 0.461 e. The molecule has 7 heteroatoms. The number of esters is 1. The van der Waals surface area contributed by atoms with Crippen LogP contribution in [-0.2, 0) is 11.2 Å². The lowest BCUT2D eigenvalue weighted by molar-refractivity contribution is -0.385. The van der Waals surface area contributed by atoms with Gasteiger partial charge in [-0.1, -0.05) is 24.3 Å². The third kappa shape index (κ3) is 3.35. The van der Waals surface area contributed by atoms with Gasteiger partial charge in [0, 0.05) is 12.5 Å². The van der Waals surface area contributed by atoms with Gasteiger partial charge in [-0.25, -0.2) is 9.78 Å². The number of para-hydroxylation sites is 2. The van der Waals surface area contributed by atoms with Crippen LogP contribution >= 0.6 is 11.3 Å². The fourth-order valence-electron chi connectivity index (χ4n) is 2.14. The molecule has 0 aliphatic heterocycles. The third-order valence-corrected chi connectivity index (χ3v) is 4.30. The van der Waals surface area contributed by atoms with Gasteiger partial charge in [-0.05, 0) is 18.2 Å². The van der Waals surface area contributed by atoms with Crippen molar-refractivity contribution in [3.8, 4) is 0 Å². The highest BCUT2D eigenvalue weighted by molar-refractivity contribution is 7.18. The number of thiazole rings is 1. The van der Waals surface area contributed by atoms with Crippen molar-refractivity contribution >= 4 is 33.2 Å². The number of nitro benzene ring substituents is 1. The number of rotatable bonds is 5. The van der Waals surface area contributed by atoms with E-state index in [9.17, 15) is 14.9 Å². The van der Waals surface area contributed by atoms with Crippen molar-refractivity contribution in [1.82, 2.24) is 4.98 Å². The Kier molecular flexibility index (Phi) is 4.29. The second-order valence-electron chi connectivity index (χ2n) is 4.74. The van der Waals surface area contributed by atoms with E-state index in [1.165, 1.54) is 18.2 Å². The number of nitrogens with zero attached hydrogens (tertiary/aromatic N) is 2. The Morgan fingerprint density at radius 2 is 1.91 bits per heavy atom. The maximum atomic E-state index is 12.0. The van der Waals surface area contributed by atoms with Crippen LogP contribution in [-0.4, -0.2) is 22.5 Å². The van der Waals surface area contributed by atoms with Crippen molar-refractivity contribution in [3.05, 3.63) is 69.2 Å². The molecule has 116 valence electrons. The molecule has 0 N–H and O–H groups in total. The van der Waals surface area contributed by atoms with Crippen LogP contribution in [0.2, 0.25) is 0 Å². The molecule has 0 fully saturated rings. The average Bonchev–Trinajstić information content (AvgIpc) is 2.97. The van der Waals surface area contributed by atoms with Crippen LogP contribution in [0, 0.1) is 10.1 Å². The van der Waals surface area contributed by atoms with E-state index in [1.54, 1.807) is 17.4 Å². The van der Waals surface area contributed by atoms with E-state index in [0.717, 1.165) is 15.2 Å². The quantitative estimate of drug-likeness (QED) is 0.406. The summed E-state index contributed by atoms with van der Waals surface area (Å²) in [5, 5.41) is 11.8. The molecule has 0 aliphatic rings. The molecule has 3 aromatic rings. The van der Waals surface area contributed by atoms with Gasteiger partial charge in [-0.15, -0.1) is 11.3 Å². The van der Waals surface area contributed by atoms with Gasteiger partial charge in [0.15, 0.2) is 0 Å². The molecule has 0 bridgehead atoms. The molecule has 6 nitrogen and oxygen atoms in total. The Balaban J connectivity index is 1.64. The Labute approximate surface area is 135 Å². The van der Waals surface area contributed by atoms with E-state index >= 15 is 0 Å². The minimum atomic E-state index is -0.696. The molecular weight excluding hydrogens is 316 g/mol. The predicted molar refractivity (Wildman–Crippen MR) is 86.7 cm³/mol. The fraction of sp³-hybridized carbons (Fsp3) is 0.125. The zero-order valence-corrected chi connectivity index (χ0v) is 12.8. The lowest BCUT2D eigenvalue weighted by Crippen LogP contribution is -2.10. The van der Waals surface area contributed by atoms with E-state index < -0.39 is 10.9 Å². The van der Waals surface area contributed by atoms with E-state index in [4.69, 9.17) is 4.74 Å². The zero-order valence-electron chi connectivity index (χ0n) is 12.0. The molecule has 0 saturated heterocycles. The molecule has 0 spiro atoms. The van der Waals surface area contributed by atoms with Crippen molar-refractivity contribution < 1.29 is 14.5 Å². The second kappa shape index (κ2) is 6.53. The normalized spacial score (nSPS) is 10.6. The van der Waals surface area contributed by atoms with Crippen LogP contribution in [0.1, 0.15) is 15.4 Å². The first-order valence-corrected chi connectivity index (χ1v) is 7.72. The zero-order chi connectivity index (χ0) is 16.2. The maximum Gasteiger partial charge on any atom is 0.345 e. The molecule has 3 rings (SSSR count). The van der Waals surface area contributed by atoms with Crippen molar-refractivity contribution in [1.29, 1.82) is 0 Å². The Morgan fingerprint density at radius 1 is 1.17 bits per heavy atom. The molecule has 0 saturated carbocycles. The number of aromatic nitrogens is 1. The number of nitro groups is 1. The summed E-state index contributed by atoms with van der Waals surface area (Å²) in [6.07, 6.45) is 0.478.